The number of hydrogen-bond acceptors (Lipinski definition) is 5. The first-order valence-electron chi connectivity index (χ1n) is 7.15. The molecular weight excluding hydrogens is 312 g/mol. The first-order valence-corrected chi connectivity index (χ1v) is 7.15. The molecule has 0 saturated heterocycles. The number of carboxylic acids is 1. The van der Waals surface area contributed by atoms with Crippen LogP contribution in [0.15, 0.2) is 42.5 Å². The van der Waals surface area contributed by atoms with Gasteiger partial charge in [0.05, 0.1) is 12.7 Å². The predicted octanol–water partition coefficient (Wildman–Crippen LogP) is 1.87. The normalized spacial score (nSPS) is 10.0. The van der Waals surface area contributed by atoms with E-state index in [2.05, 4.69) is 5.32 Å². The monoisotopic (exact) mass is 330 g/mol. The summed E-state index contributed by atoms with van der Waals surface area (Å²) >= 11 is 0. The van der Waals surface area contributed by atoms with Gasteiger partial charge in [-0.2, -0.15) is 0 Å². The van der Waals surface area contributed by atoms with Gasteiger partial charge >= 0.3 is 5.97 Å². The van der Waals surface area contributed by atoms with Crippen molar-refractivity contribution in [1.82, 2.24) is 0 Å². The molecule has 2 aromatic rings. The number of carboxylic acid groups (broad SMARTS) is 1. The van der Waals surface area contributed by atoms with E-state index in [9.17, 15) is 9.59 Å². The average Bonchev–Trinajstić information content (AvgIpc) is 2.58. The van der Waals surface area contributed by atoms with Gasteiger partial charge in [0.2, 0.25) is 0 Å². The number of methoxy groups -OCH3 is 1. The molecule has 1 amide bonds. The van der Waals surface area contributed by atoms with Crippen LogP contribution in [0.25, 0.3) is 0 Å². The van der Waals surface area contributed by atoms with Gasteiger partial charge < -0.3 is 25.6 Å². The lowest BCUT2D eigenvalue weighted by Crippen LogP contribution is -2.20. The molecule has 0 bridgehead atoms. The molecule has 7 heteroatoms. The summed E-state index contributed by atoms with van der Waals surface area (Å²) in [4.78, 5) is 21.7. The van der Waals surface area contributed by atoms with Crippen LogP contribution in [-0.2, 0) is 11.3 Å². The lowest BCUT2D eigenvalue weighted by Gasteiger charge is -2.12. The Bertz CT molecular complexity index is 746. The maximum atomic E-state index is 11.0. The number of nitrogens with one attached hydrogen (secondary N) is 1. The first kappa shape index (κ1) is 17.1. The number of nitrogens with two attached hydrogens (primary N) is 1. The van der Waals surface area contributed by atoms with Gasteiger partial charge in [-0.3, -0.25) is 4.79 Å². The molecule has 0 radical (unpaired) electrons. The molecule has 126 valence electrons. The fraction of sp³-hybridized carbons (Fsp3) is 0.176. The maximum absolute atomic E-state index is 11.0. The van der Waals surface area contributed by atoms with Crippen LogP contribution in [0.4, 0.5) is 5.69 Å². The van der Waals surface area contributed by atoms with E-state index < -0.39 is 11.9 Å². The highest BCUT2D eigenvalue weighted by Crippen LogP contribution is 2.28. The van der Waals surface area contributed by atoms with Crippen molar-refractivity contribution >= 4 is 17.6 Å². The van der Waals surface area contributed by atoms with Crippen LogP contribution >= 0.6 is 0 Å². The highest BCUT2D eigenvalue weighted by molar-refractivity contribution is 5.88. The molecule has 0 aliphatic heterocycles. The number of rotatable bonds is 8. The zero-order valence-corrected chi connectivity index (χ0v) is 13.1. The van der Waals surface area contributed by atoms with Gasteiger partial charge in [-0.15, -0.1) is 0 Å². The molecule has 0 atom stereocenters. The van der Waals surface area contributed by atoms with Crippen LogP contribution in [0.3, 0.4) is 0 Å². The van der Waals surface area contributed by atoms with E-state index in [4.69, 9.17) is 20.3 Å². The Balaban J connectivity index is 2.06. The molecule has 0 aromatic heterocycles. The van der Waals surface area contributed by atoms with E-state index in [0.29, 0.717) is 23.7 Å². The van der Waals surface area contributed by atoms with Gasteiger partial charge in [0, 0.05) is 12.2 Å². The summed E-state index contributed by atoms with van der Waals surface area (Å²) < 4.78 is 10.5. The van der Waals surface area contributed by atoms with Crippen LogP contribution < -0.4 is 20.5 Å². The minimum Gasteiger partial charge on any atom is -0.493 e. The number of benzene rings is 2. The van der Waals surface area contributed by atoms with E-state index in [0.717, 1.165) is 5.56 Å². The summed E-state index contributed by atoms with van der Waals surface area (Å²) in [5, 5.41) is 12.1. The molecule has 0 aliphatic rings. The number of ether oxygens (including phenoxy) is 2. The van der Waals surface area contributed by atoms with Crippen LogP contribution in [0.5, 0.6) is 11.5 Å². The smallest absolute Gasteiger partial charge is 0.335 e. The van der Waals surface area contributed by atoms with Crippen molar-refractivity contribution in [3.8, 4) is 11.5 Å². The van der Waals surface area contributed by atoms with Crippen LogP contribution in [0.1, 0.15) is 15.9 Å². The fourth-order valence-corrected chi connectivity index (χ4v) is 2.06. The van der Waals surface area contributed by atoms with Gasteiger partial charge in [-0.05, 0) is 35.9 Å². The Kier molecular flexibility index (Phi) is 5.62. The Morgan fingerprint density at radius 1 is 1.17 bits per heavy atom. The quantitative estimate of drug-likeness (QED) is 0.681. The van der Waals surface area contributed by atoms with Crippen molar-refractivity contribution in [3.05, 3.63) is 53.6 Å². The number of hydrogen-bond donors (Lipinski definition) is 3. The molecule has 0 saturated carbocycles. The van der Waals surface area contributed by atoms with Crippen molar-refractivity contribution < 1.29 is 24.2 Å². The van der Waals surface area contributed by atoms with Crippen LogP contribution in [0, 0.1) is 0 Å². The number of carbonyl (C=O) groups is 2. The summed E-state index contributed by atoms with van der Waals surface area (Å²) in [5.41, 5.74) is 6.87. The van der Waals surface area contributed by atoms with Crippen LogP contribution in [0.2, 0.25) is 0 Å². The van der Waals surface area contributed by atoms with Crippen molar-refractivity contribution in [2.24, 2.45) is 5.73 Å². The molecule has 0 spiro atoms. The third-order valence-corrected chi connectivity index (χ3v) is 3.20. The summed E-state index contributed by atoms with van der Waals surface area (Å²) in [5.74, 6) is -0.639. The van der Waals surface area contributed by atoms with Crippen molar-refractivity contribution in [1.29, 1.82) is 0 Å². The molecule has 2 aromatic carbocycles. The van der Waals surface area contributed by atoms with Gasteiger partial charge in [0.25, 0.3) is 5.91 Å². The van der Waals surface area contributed by atoms with Gasteiger partial charge in [0.15, 0.2) is 18.1 Å². The predicted molar refractivity (Wildman–Crippen MR) is 88.4 cm³/mol. The van der Waals surface area contributed by atoms with E-state index in [1.165, 1.54) is 13.2 Å². The Hall–Kier alpha value is -3.22. The standard InChI is InChI=1S/C17H18N2O5/c1-23-15-7-11(5-6-14(15)24-10-16(18)20)9-19-13-4-2-3-12(8-13)17(21)22/h2-8,19H,9-10H2,1H3,(H2,18,20)(H,21,22). The minimum absolute atomic E-state index is 0.216. The third kappa shape index (κ3) is 4.64. The number of amides is 1. The fourth-order valence-electron chi connectivity index (χ4n) is 2.06. The van der Waals surface area contributed by atoms with Crippen LogP contribution in [-0.4, -0.2) is 30.7 Å². The lowest BCUT2D eigenvalue weighted by molar-refractivity contribution is -0.119. The largest absolute Gasteiger partial charge is 0.493 e. The number of anilines is 1. The lowest BCUT2D eigenvalue weighted by atomic mass is 10.1. The van der Waals surface area contributed by atoms with E-state index in [1.807, 2.05) is 6.07 Å². The summed E-state index contributed by atoms with van der Waals surface area (Å²) in [6.45, 7) is 0.242. The molecule has 0 aliphatic carbocycles. The molecule has 0 unspecified atom stereocenters. The topological polar surface area (TPSA) is 111 Å². The second-order valence-electron chi connectivity index (χ2n) is 4.98. The molecule has 4 N–H and O–H groups in total. The molecule has 2 rings (SSSR count). The molecule has 0 heterocycles. The summed E-state index contributed by atoms with van der Waals surface area (Å²) in [6.07, 6.45) is 0. The average molecular weight is 330 g/mol. The SMILES string of the molecule is COc1cc(CNc2cccc(C(=O)O)c2)ccc1OCC(N)=O. The van der Waals surface area contributed by atoms with E-state index in [1.54, 1.807) is 30.3 Å². The second kappa shape index (κ2) is 7.87. The number of carbonyl (C=O) groups excluding carboxylic acids is 1. The molecule has 7 nitrogen and oxygen atoms in total. The molecule has 24 heavy (non-hydrogen) atoms. The van der Waals surface area contributed by atoms with Gasteiger partial charge in [-0.1, -0.05) is 12.1 Å². The summed E-state index contributed by atoms with van der Waals surface area (Å²) in [7, 11) is 1.50. The minimum atomic E-state index is -0.976. The van der Waals surface area contributed by atoms with E-state index in [-0.39, 0.29) is 12.2 Å². The Labute approximate surface area is 139 Å². The highest BCUT2D eigenvalue weighted by Gasteiger charge is 2.08. The Morgan fingerprint density at radius 2 is 1.96 bits per heavy atom. The first-order chi connectivity index (χ1) is 11.5. The van der Waals surface area contributed by atoms with Crippen molar-refractivity contribution in [2.75, 3.05) is 19.0 Å². The zero-order valence-electron chi connectivity index (χ0n) is 13.1. The third-order valence-electron chi connectivity index (χ3n) is 3.20. The van der Waals surface area contributed by atoms with Gasteiger partial charge in [0.1, 0.15) is 0 Å². The zero-order chi connectivity index (χ0) is 17.5. The van der Waals surface area contributed by atoms with Crippen molar-refractivity contribution in [3.63, 3.8) is 0 Å². The van der Waals surface area contributed by atoms with E-state index >= 15 is 0 Å². The molecular formula is C17H18N2O5. The number of primary amides is 1. The number of aromatic carboxylic acids is 1. The highest BCUT2D eigenvalue weighted by atomic mass is 16.5. The maximum Gasteiger partial charge on any atom is 0.335 e. The molecule has 0 fully saturated rings. The summed E-state index contributed by atoms with van der Waals surface area (Å²) in [6, 6.07) is 11.8. The Morgan fingerprint density at radius 3 is 2.62 bits per heavy atom. The van der Waals surface area contributed by atoms with Gasteiger partial charge in [-0.25, -0.2) is 4.79 Å². The van der Waals surface area contributed by atoms with Crippen molar-refractivity contribution in [2.45, 2.75) is 6.54 Å². The second-order valence-corrected chi connectivity index (χ2v) is 4.98.